The van der Waals surface area contributed by atoms with Gasteiger partial charge < -0.3 is 20.7 Å². The first-order chi connectivity index (χ1) is 14.4. The number of nitrogens with one attached hydrogen (secondary N) is 3. The number of benzene rings is 2. The first-order valence-corrected chi connectivity index (χ1v) is 9.51. The normalized spacial score (nSPS) is 10.1. The molecule has 0 fully saturated rings. The van der Waals surface area contributed by atoms with E-state index in [0.717, 1.165) is 5.56 Å². The number of esters is 1. The van der Waals surface area contributed by atoms with Gasteiger partial charge in [-0.25, -0.2) is 0 Å². The Hall–Kier alpha value is -3.39. The van der Waals surface area contributed by atoms with Gasteiger partial charge in [-0.15, -0.1) is 0 Å². The highest BCUT2D eigenvalue weighted by molar-refractivity contribution is 6.30. The van der Waals surface area contributed by atoms with E-state index in [0.29, 0.717) is 16.3 Å². The number of ether oxygens (including phenoxy) is 1. The smallest absolute Gasteiger partial charge is 0.325 e. The average molecular weight is 432 g/mol. The van der Waals surface area contributed by atoms with Gasteiger partial charge in [0.05, 0.1) is 13.5 Å². The second-order valence-corrected chi connectivity index (χ2v) is 6.72. The molecule has 158 valence electrons. The second kappa shape index (κ2) is 11.6. The highest BCUT2D eigenvalue weighted by Crippen LogP contribution is 2.11. The van der Waals surface area contributed by atoms with Crippen LogP contribution >= 0.6 is 11.6 Å². The standard InChI is InChI=1S/C21H22ClN3O5/c1-30-20(28)13-24-19(27)12-14-2-8-17(9-3-14)25-18(26)10-11-23-21(29)15-4-6-16(22)7-5-15/h2-9H,10-13H2,1H3,(H,23,29)(H,24,27)(H,25,26). The molecular weight excluding hydrogens is 410 g/mol. The maximum absolute atomic E-state index is 12.0. The molecule has 8 nitrogen and oxygen atoms in total. The van der Waals surface area contributed by atoms with Gasteiger partial charge in [0.1, 0.15) is 6.54 Å². The number of rotatable bonds is 9. The molecule has 3 N–H and O–H groups in total. The predicted octanol–water partition coefficient (Wildman–Crippen LogP) is 1.93. The number of amides is 3. The van der Waals surface area contributed by atoms with Crippen molar-refractivity contribution in [2.24, 2.45) is 0 Å². The molecule has 0 bridgehead atoms. The van der Waals surface area contributed by atoms with Crippen molar-refractivity contribution in [3.05, 3.63) is 64.7 Å². The van der Waals surface area contributed by atoms with Gasteiger partial charge in [0.15, 0.2) is 0 Å². The molecule has 0 atom stereocenters. The van der Waals surface area contributed by atoms with Crippen LogP contribution in [0.1, 0.15) is 22.3 Å². The summed E-state index contributed by atoms with van der Waals surface area (Å²) in [6.45, 7) is 0.00374. The summed E-state index contributed by atoms with van der Waals surface area (Å²) in [6.07, 6.45) is 0.207. The average Bonchev–Trinajstić information content (AvgIpc) is 2.73. The fourth-order valence-electron chi connectivity index (χ4n) is 2.41. The van der Waals surface area contributed by atoms with Crippen LogP contribution in [0, 0.1) is 0 Å². The maximum Gasteiger partial charge on any atom is 0.325 e. The predicted molar refractivity (Wildman–Crippen MR) is 112 cm³/mol. The van der Waals surface area contributed by atoms with E-state index in [-0.39, 0.29) is 43.7 Å². The molecule has 9 heteroatoms. The minimum absolute atomic E-state index is 0.0992. The lowest BCUT2D eigenvalue weighted by Crippen LogP contribution is -2.31. The van der Waals surface area contributed by atoms with E-state index >= 15 is 0 Å². The maximum atomic E-state index is 12.0. The van der Waals surface area contributed by atoms with Crippen molar-refractivity contribution < 1.29 is 23.9 Å². The van der Waals surface area contributed by atoms with Gasteiger partial charge in [0.25, 0.3) is 5.91 Å². The molecule has 2 aromatic rings. The fourth-order valence-corrected chi connectivity index (χ4v) is 2.54. The molecule has 2 aromatic carbocycles. The summed E-state index contributed by atoms with van der Waals surface area (Å²) < 4.78 is 4.45. The van der Waals surface area contributed by atoms with Gasteiger partial charge in [0, 0.05) is 29.2 Å². The number of hydrogen-bond donors (Lipinski definition) is 3. The van der Waals surface area contributed by atoms with Gasteiger partial charge in [0.2, 0.25) is 11.8 Å². The Labute approximate surface area is 178 Å². The molecule has 0 radical (unpaired) electrons. The van der Waals surface area contributed by atoms with E-state index in [4.69, 9.17) is 11.6 Å². The van der Waals surface area contributed by atoms with Crippen LogP contribution in [-0.4, -0.2) is 43.9 Å². The zero-order chi connectivity index (χ0) is 21.9. The van der Waals surface area contributed by atoms with Gasteiger partial charge in [-0.3, -0.25) is 19.2 Å². The highest BCUT2D eigenvalue weighted by atomic mass is 35.5. The number of hydrogen-bond acceptors (Lipinski definition) is 5. The van der Waals surface area contributed by atoms with E-state index in [1.54, 1.807) is 48.5 Å². The molecule has 3 amide bonds. The van der Waals surface area contributed by atoms with Crippen LogP contribution in [0.5, 0.6) is 0 Å². The monoisotopic (exact) mass is 431 g/mol. The third-order valence-corrected chi connectivity index (χ3v) is 4.26. The number of methoxy groups -OCH3 is 1. The van der Waals surface area contributed by atoms with E-state index in [1.807, 2.05) is 0 Å². The third kappa shape index (κ3) is 7.92. The molecule has 0 saturated carbocycles. The Bertz CT molecular complexity index is 898. The molecule has 0 saturated heterocycles. The first-order valence-electron chi connectivity index (χ1n) is 9.13. The summed E-state index contributed by atoms with van der Waals surface area (Å²) in [5.74, 6) is -1.37. The van der Waals surface area contributed by atoms with Gasteiger partial charge >= 0.3 is 5.97 Å². The number of anilines is 1. The fraction of sp³-hybridized carbons (Fsp3) is 0.238. The van der Waals surface area contributed by atoms with Crippen molar-refractivity contribution in [1.82, 2.24) is 10.6 Å². The van der Waals surface area contributed by atoms with Crippen molar-refractivity contribution >= 4 is 41.0 Å². The minimum atomic E-state index is -0.522. The first kappa shape index (κ1) is 22.9. The molecule has 30 heavy (non-hydrogen) atoms. The molecule has 0 aliphatic heterocycles. The molecule has 0 aromatic heterocycles. The molecule has 2 rings (SSSR count). The van der Waals surface area contributed by atoms with Crippen LogP contribution in [0.3, 0.4) is 0 Å². The van der Waals surface area contributed by atoms with Crippen LogP contribution in [-0.2, 0) is 25.5 Å². The number of halogens is 1. The molecule has 0 unspecified atom stereocenters. The molecule has 0 spiro atoms. The molecule has 0 aliphatic rings. The number of carbonyl (C=O) groups excluding carboxylic acids is 4. The van der Waals surface area contributed by atoms with E-state index < -0.39 is 5.97 Å². The molecule has 0 aliphatic carbocycles. The van der Waals surface area contributed by atoms with E-state index in [9.17, 15) is 19.2 Å². The largest absolute Gasteiger partial charge is 0.468 e. The lowest BCUT2D eigenvalue weighted by Gasteiger charge is -2.08. The summed E-state index contributed by atoms with van der Waals surface area (Å²) in [5, 5.41) is 8.38. The summed E-state index contributed by atoms with van der Waals surface area (Å²) in [7, 11) is 1.25. The van der Waals surface area contributed by atoms with Crippen LogP contribution in [0.2, 0.25) is 5.02 Å². The van der Waals surface area contributed by atoms with Crippen molar-refractivity contribution in [3.63, 3.8) is 0 Å². The van der Waals surface area contributed by atoms with E-state index in [2.05, 4.69) is 20.7 Å². The zero-order valence-electron chi connectivity index (χ0n) is 16.4. The van der Waals surface area contributed by atoms with Gasteiger partial charge in [-0.05, 0) is 42.0 Å². The minimum Gasteiger partial charge on any atom is -0.468 e. The van der Waals surface area contributed by atoms with Crippen LogP contribution in [0.4, 0.5) is 5.69 Å². The quantitative estimate of drug-likeness (QED) is 0.525. The van der Waals surface area contributed by atoms with Crippen LogP contribution < -0.4 is 16.0 Å². The topological polar surface area (TPSA) is 114 Å². The van der Waals surface area contributed by atoms with Crippen molar-refractivity contribution in [3.8, 4) is 0 Å². The summed E-state index contributed by atoms with van der Waals surface area (Å²) in [6, 6.07) is 13.2. The Balaban J connectivity index is 1.72. The van der Waals surface area contributed by atoms with Crippen molar-refractivity contribution in [2.75, 3.05) is 25.5 Å². The van der Waals surface area contributed by atoms with Gasteiger partial charge in [-0.1, -0.05) is 23.7 Å². The Kier molecular flexibility index (Phi) is 8.83. The zero-order valence-corrected chi connectivity index (χ0v) is 17.1. The Morgan fingerprint density at radius 1 is 0.900 bits per heavy atom. The van der Waals surface area contributed by atoms with Crippen molar-refractivity contribution in [1.29, 1.82) is 0 Å². The van der Waals surface area contributed by atoms with Crippen molar-refractivity contribution in [2.45, 2.75) is 12.8 Å². The highest BCUT2D eigenvalue weighted by Gasteiger charge is 2.09. The molecule has 0 heterocycles. The van der Waals surface area contributed by atoms with Crippen LogP contribution in [0.15, 0.2) is 48.5 Å². The molecular formula is C21H22ClN3O5. The van der Waals surface area contributed by atoms with E-state index in [1.165, 1.54) is 7.11 Å². The second-order valence-electron chi connectivity index (χ2n) is 6.29. The summed E-state index contributed by atoms with van der Waals surface area (Å²) in [4.78, 5) is 46.8. The number of carbonyl (C=O) groups is 4. The Morgan fingerprint density at radius 3 is 2.20 bits per heavy atom. The van der Waals surface area contributed by atoms with Gasteiger partial charge in [-0.2, -0.15) is 0 Å². The summed E-state index contributed by atoms with van der Waals surface area (Å²) in [5.41, 5.74) is 1.76. The lowest BCUT2D eigenvalue weighted by atomic mass is 10.1. The SMILES string of the molecule is COC(=O)CNC(=O)Cc1ccc(NC(=O)CCNC(=O)c2ccc(Cl)cc2)cc1. The summed E-state index contributed by atoms with van der Waals surface area (Å²) >= 11 is 5.78. The Morgan fingerprint density at radius 2 is 1.57 bits per heavy atom. The van der Waals surface area contributed by atoms with Crippen LogP contribution in [0.25, 0.3) is 0 Å². The lowest BCUT2D eigenvalue weighted by molar-refractivity contribution is -0.141. The third-order valence-electron chi connectivity index (χ3n) is 4.00.